The van der Waals surface area contributed by atoms with Crippen molar-refractivity contribution in [1.29, 1.82) is 0 Å². The number of furan rings is 1. The first-order chi connectivity index (χ1) is 22.8. The maximum Gasteiger partial charge on any atom is 0.153 e. The topological polar surface area (TPSA) is 29.3 Å². The van der Waals surface area contributed by atoms with E-state index in [-0.39, 0.29) is 0 Å². The van der Waals surface area contributed by atoms with Gasteiger partial charge in [0.15, 0.2) is 5.58 Å². The zero-order valence-electron chi connectivity index (χ0n) is 25.0. The van der Waals surface area contributed by atoms with E-state index in [0.717, 1.165) is 39.0 Å². The number of rotatable bonds is 5. The molecule has 0 aliphatic carbocycles. The van der Waals surface area contributed by atoms with Crippen molar-refractivity contribution in [3.05, 3.63) is 170 Å². The van der Waals surface area contributed by atoms with E-state index in [0.29, 0.717) is 0 Å². The molecule has 9 rings (SSSR count). The largest absolute Gasteiger partial charge is 0.454 e. The zero-order valence-corrected chi connectivity index (χ0v) is 25.0. The molecule has 0 bridgehead atoms. The minimum absolute atomic E-state index is 0.780. The molecule has 0 aliphatic heterocycles. The van der Waals surface area contributed by atoms with Crippen LogP contribution in [0.2, 0.25) is 0 Å². The molecule has 0 aliphatic rings. The van der Waals surface area contributed by atoms with Crippen molar-refractivity contribution in [2.24, 2.45) is 0 Å². The molecule has 9 aromatic rings. The van der Waals surface area contributed by atoms with Crippen LogP contribution in [0.3, 0.4) is 0 Å². The Balaban J connectivity index is 1.22. The van der Waals surface area contributed by atoms with Crippen molar-refractivity contribution in [1.82, 2.24) is 4.98 Å². The van der Waals surface area contributed by atoms with E-state index in [9.17, 15) is 0 Å². The van der Waals surface area contributed by atoms with Gasteiger partial charge in [-0.3, -0.25) is 4.98 Å². The lowest BCUT2D eigenvalue weighted by Gasteiger charge is -2.26. The standard InChI is InChI=1S/C43H28N2O/c1-2-9-29(10-3-1)30-17-21-33(22-18-30)45(40-15-8-16-41-43(40)38-25-26-44-28-42(38)46-41)34-23-19-31(20-24-34)39-27-32-11-4-5-12-35(32)36-13-6-7-14-37(36)39/h1-28H. The van der Waals surface area contributed by atoms with Crippen LogP contribution in [-0.4, -0.2) is 4.98 Å². The van der Waals surface area contributed by atoms with Crippen molar-refractivity contribution >= 4 is 60.5 Å². The highest BCUT2D eigenvalue weighted by Gasteiger charge is 2.20. The first-order valence-corrected chi connectivity index (χ1v) is 15.5. The third-order valence-corrected chi connectivity index (χ3v) is 8.96. The van der Waals surface area contributed by atoms with Crippen LogP contribution in [0, 0.1) is 0 Å². The molecule has 2 aromatic heterocycles. The van der Waals surface area contributed by atoms with Gasteiger partial charge in [0.2, 0.25) is 0 Å². The van der Waals surface area contributed by atoms with E-state index in [1.54, 1.807) is 6.20 Å². The van der Waals surface area contributed by atoms with Gasteiger partial charge in [-0.25, -0.2) is 0 Å². The van der Waals surface area contributed by atoms with E-state index < -0.39 is 0 Å². The second-order valence-electron chi connectivity index (χ2n) is 11.6. The Morgan fingerprint density at radius 3 is 1.89 bits per heavy atom. The number of hydrogen-bond acceptors (Lipinski definition) is 3. The van der Waals surface area contributed by atoms with Gasteiger partial charge in [-0.2, -0.15) is 0 Å². The molecule has 0 radical (unpaired) electrons. The van der Waals surface area contributed by atoms with Crippen LogP contribution < -0.4 is 4.90 Å². The number of fused-ring (bicyclic) bond motifs is 6. The summed E-state index contributed by atoms with van der Waals surface area (Å²) in [5.74, 6) is 0. The summed E-state index contributed by atoms with van der Waals surface area (Å²) >= 11 is 0. The number of benzene rings is 7. The first kappa shape index (κ1) is 26.2. The third kappa shape index (κ3) is 4.33. The number of nitrogens with zero attached hydrogens (tertiary/aromatic N) is 2. The average molecular weight is 589 g/mol. The monoisotopic (exact) mass is 588 g/mol. The minimum atomic E-state index is 0.780. The molecular weight excluding hydrogens is 560 g/mol. The highest BCUT2D eigenvalue weighted by Crippen LogP contribution is 2.44. The maximum absolute atomic E-state index is 6.26. The molecule has 0 spiro atoms. The van der Waals surface area contributed by atoms with Crippen LogP contribution in [-0.2, 0) is 0 Å². The lowest BCUT2D eigenvalue weighted by Crippen LogP contribution is -2.10. The quantitative estimate of drug-likeness (QED) is 0.187. The number of pyridine rings is 1. The first-order valence-electron chi connectivity index (χ1n) is 15.5. The van der Waals surface area contributed by atoms with Crippen molar-refractivity contribution < 1.29 is 4.42 Å². The minimum Gasteiger partial charge on any atom is -0.454 e. The van der Waals surface area contributed by atoms with Crippen molar-refractivity contribution in [2.45, 2.75) is 0 Å². The van der Waals surface area contributed by atoms with Gasteiger partial charge in [-0.05, 0) is 92.3 Å². The van der Waals surface area contributed by atoms with Gasteiger partial charge in [-0.15, -0.1) is 0 Å². The SMILES string of the molecule is c1ccc(-c2ccc(N(c3ccc(-c4cc5ccccc5c5ccccc45)cc3)c3cccc4oc5cnccc5c34)cc2)cc1. The summed E-state index contributed by atoms with van der Waals surface area (Å²) in [4.78, 5) is 6.64. The van der Waals surface area contributed by atoms with Gasteiger partial charge in [-0.1, -0.05) is 109 Å². The molecule has 0 unspecified atom stereocenters. The molecule has 46 heavy (non-hydrogen) atoms. The predicted octanol–water partition coefficient (Wildman–Crippen LogP) is 12.1. The van der Waals surface area contributed by atoms with Gasteiger partial charge in [0, 0.05) is 23.0 Å². The van der Waals surface area contributed by atoms with Crippen LogP contribution in [0.15, 0.2) is 175 Å². The summed E-state index contributed by atoms with van der Waals surface area (Å²) < 4.78 is 6.26. The van der Waals surface area contributed by atoms with Crippen molar-refractivity contribution in [3.63, 3.8) is 0 Å². The van der Waals surface area contributed by atoms with Gasteiger partial charge < -0.3 is 9.32 Å². The van der Waals surface area contributed by atoms with E-state index in [4.69, 9.17) is 4.42 Å². The highest BCUT2D eigenvalue weighted by molar-refractivity contribution is 6.15. The van der Waals surface area contributed by atoms with Gasteiger partial charge in [0.05, 0.1) is 17.3 Å². The molecule has 7 aromatic carbocycles. The summed E-state index contributed by atoms with van der Waals surface area (Å²) in [6.45, 7) is 0. The number of anilines is 3. The van der Waals surface area contributed by atoms with Crippen LogP contribution in [0.4, 0.5) is 17.1 Å². The van der Waals surface area contributed by atoms with Crippen LogP contribution in [0.25, 0.3) is 65.7 Å². The highest BCUT2D eigenvalue weighted by atomic mass is 16.3. The van der Waals surface area contributed by atoms with Crippen LogP contribution >= 0.6 is 0 Å². The van der Waals surface area contributed by atoms with Crippen LogP contribution in [0.5, 0.6) is 0 Å². The second kappa shape index (κ2) is 10.8. The lowest BCUT2D eigenvalue weighted by atomic mass is 9.93. The van der Waals surface area contributed by atoms with Crippen LogP contribution in [0.1, 0.15) is 0 Å². The predicted molar refractivity (Wildman–Crippen MR) is 192 cm³/mol. The normalized spacial score (nSPS) is 11.5. The Morgan fingerprint density at radius 2 is 1.11 bits per heavy atom. The Bertz CT molecular complexity index is 2510. The molecule has 2 heterocycles. The second-order valence-corrected chi connectivity index (χ2v) is 11.6. The summed E-state index contributed by atoms with van der Waals surface area (Å²) in [6, 6.07) is 56.2. The number of hydrogen-bond donors (Lipinski definition) is 0. The van der Waals surface area contributed by atoms with Crippen molar-refractivity contribution in [2.75, 3.05) is 4.90 Å². The lowest BCUT2D eigenvalue weighted by molar-refractivity contribution is 0.667. The zero-order chi connectivity index (χ0) is 30.5. The Labute approximate surface area is 266 Å². The molecule has 3 nitrogen and oxygen atoms in total. The molecule has 0 saturated carbocycles. The summed E-state index contributed by atoms with van der Waals surface area (Å²) in [5, 5.41) is 7.16. The van der Waals surface area contributed by atoms with E-state index in [2.05, 4.69) is 155 Å². The Morgan fingerprint density at radius 1 is 0.457 bits per heavy atom. The molecule has 3 heteroatoms. The third-order valence-electron chi connectivity index (χ3n) is 8.96. The van der Waals surface area contributed by atoms with Gasteiger partial charge >= 0.3 is 0 Å². The fourth-order valence-corrected chi connectivity index (χ4v) is 6.79. The van der Waals surface area contributed by atoms with Gasteiger partial charge in [0.25, 0.3) is 0 Å². The molecule has 0 fully saturated rings. The summed E-state index contributed by atoms with van der Waals surface area (Å²) in [5.41, 5.74) is 9.60. The molecular formula is C43H28N2O. The van der Waals surface area contributed by atoms with E-state index in [1.807, 2.05) is 18.3 Å². The maximum atomic E-state index is 6.26. The molecule has 0 amide bonds. The summed E-state index contributed by atoms with van der Waals surface area (Å²) in [7, 11) is 0. The van der Waals surface area contributed by atoms with E-state index in [1.165, 1.54) is 43.8 Å². The van der Waals surface area contributed by atoms with Gasteiger partial charge in [0.1, 0.15) is 5.58 Å². The fraction of sp³-hybridized carbons (Fsp3) is 0. The molecule has 0 saturated heterocycles. The number of aromatic nitrogens is 1. The Kier molecular flexibility index (Phi) is 6.14. The summed E-state index contributed by atoms with van der Waals surface area (Å²) in [6.07, 6.45) is 3.62. The van der Waals surface area contributed by atoms with Crippen molar-refractivity contribution in [3.8, 4) is 22.3 Å². The smallest absolute Gasteiger partial charge is 0.153 e. The molecule has 0 atom stereocenters. The molecule has 0 N–H and O–H groups in total. The average Bonchev–Trinajstić information content (AvgIpc) is 3.52. The Hall–Kier alpha value is -6.19. The fourth-order valence-electron chi connectivity index (χ4n) is 6.79. The molecule has 216 valence electrons. The van der Waals surface area contributed by atoms with E-state index >= 15 is 0 Å².